The van der Waals surface area contributed by atoms with Gasteiger partial charge in [0.2, 0.25) is 11.1 Å². The number of hydrogen-bond acceptors (Lipinski definition) is 10. The number of rotatable bonds is 8. The zero-order chi connectivity index (χ0) is 22.5. The van der Waals surface area contributed by atoms with Crippen molar-refractivity contribution in [1.82, 2.24) is 14.8 Å². The molecule has 1 N–H and O–H groups in total. The Morgan fingerprint density at radius 3 is 2.65 bits per heavy atom. The third-order valence-electron chi connectivity index (χ3n) is 4.61. The van der Waals surface area contributed by atoms with Crippen molar-refractivity contribution in [1.29, 1.82) is 0 Å². The zero-order valence-corrected chi connectivity index (χ0v) is 18.7. The van der Waals surface area contributed by atoms with Gasteiger partial charge in [-0.2, -0.15) is 4.98 Å². The van der Waals surface area contributed by atoms with Gasteiger partial charge in [-0.25, -0.2) is 9.48 Å². The van der Waals surface area contributed by atoms with Crippen LogP contribution in [0.15, 0.2) is 34.6 Å². The van der Waals surface area contributed by atoms with E-state index in [1.807, 2.05) is 6.07 Å². The van der Waals surface area contributed by atoms with Gasteiger partial charge in [0.15, 0.2) is 0 Å². The van der Waals surface area contributed by atoms with E-state index in [4.69, 9.17) is 14.2 Å². The fraction of sp³-hybridized carbons (Fsp3) is 0.400. The molecule has 1 atom stereocenters. The number of carbonyl (C=O) groups is 2. The number of fused-ring (bicyclic) bond motifs is 1. The van der Waals surface area contributed by atoms with Crippen LogP contribution in [0.2, 0.25) is 0 Å². The highest BCUT2D eigenvalue weighted by molar-refractivity contribution is 7.99. The number of esters is 2. The Balaban J connectivity index is 2.11. The molecule has 3 rings (SSSR count). The van der Waals surface area contributed by atoms with E-state index in [1.54, 1.807) is 44.9 Å². The molecule has 10 nitrogen and oxygen atoms in total. The number of ether oxygens (including phenoxy) is 4. The monoisotopic (exact) mass is 448 g/mol. The van der Waals surface area contributed by atoms with Crippen molar-refractivity contribution in [3.8, 4) is 11.5 Å². The smallest absolute Gasteiger partial charge is 0.338 e. The molecule has 1 aliphatic rings. The Labute approximate surface area is 183 Å². The Morgan fingerprint density at radius 2 is 2.00 bits per heavy atom. The summed E-state index contributed by atoms with van der Waals surface area (Å²) >= 11 is 1.14. The van der Waals surface area contributed by atoms with Crippen LogP contribution in [0, 0.1) is 0 Å². The highest BCUT2D eigenvalue weighted by Crippen LogP contribution is 2.41. The second kappa shape index (κ2) is 9.73. The van der Waals surface area contributed by atoms with Crippen molar-refractivity contribution < 1.29 is 28.5 Å². The van der Waals surface area contributed by atoms with Gasteiger partial charge in [-0.15, -0.1) is 5.10 Å². The van der Waals surface area contributed by atoms with Crippen LogP contribution in [-0.2, 0) is 19.1 Å². The van der Waals surface area contributed by atoms with Crippen molar-refractivity contribution in [2.24, 2.45) is 0 Å². The van der Waals surface area contributed by atoms with Gasteiger partial charge < -0.3 is 24.3 Å². The minimum Gasteiger partial charge on any atom is -0.497 e. The number of hydrogen-bond donors (Lipinski definition) is 1. The number of nitrogens with zero attached hydrogens (tertiary/aromatic N) is 3. The molecule has 0 bridgehead atoms. The SMILES string of the molecule is CCOC(=O)C1=C(C)Nc2nc(SCC(=O)OC)nn2C1c1ccc(OC)cc1OC. The number of thioether (sulfide) groups is 1. The van der Waals surface area contributed by atoms with E-state index in [1.165, 1.54) is 7.11 Å². The van der Waals surface area contributed by atoms with Crippen molar-refractivity contribution >= 4 is 29.6 Å². The lowest BCUT2D eigenvalue weighted by molar-refractivity contribution is -0.139. The first-order valence-corrected chi connectivity index (χ1v) is 10.4. The number of benzene rings is 1. The molecule has 0 radical (unpaired) electrons. The quantitative estimate of drug-likeness (QED) is 0.477. The molecule has 31 heavy (non-hydrogen) atoms. The Kier molecular flexibility index (Phi) is 7.06. The number of aromatic nitrogens is 3. The van der Waals surface area contributed by atoms with Crippen molar-refractivity contribution in [3.05, 3.63) is 35.0 Å². The summed E-state index contributed by atoms with van der Waals surface area (Å²) in [5, 5.41) is 8.00. The first-order chi connectivity index (χ1) is 14.9. The summed E-state index contributed by atoms with van der Waals surface area (Å²) < 4.78 is 22.4. The van der Waals surface area contributed by atoms with Crippen LogP contribution in [0.3, 0.4) is 0 Å². The van der Waals surface area contributed by atoms with Crippen molar-refractivity contribution in [2.75, 3.05) is 39.0 Å². The fourth-order valence-corrected chi connectivity index (χ4v) is 3.84. The number of allylic oxidation sites excluding steroid dienone is 1. The maximum absolute atomic E-state index is 12.9. The average molecular weight is 449 g/mol. The molecule has 0 saturated carbocycles. The summed E-state index contributed by atoms with van der Waals surface area (Å²) in [6.07, 6.45) is 0. The van der Waals surface area contributed by atoms with Crippen molar-refractivity contribution in [2.45, 2.75) is 25.0 Å². The number of nitrogens with one attached hydrogen (secondary N) is 1. The topological polar surface area (TPSA) is 114 Å². The Bertz CT molecular complexity index is 1020. The van der Waals surface area contributed by atoms with E-state index in [9.17, 15) is 9.59 Å². The van der Waals surface area contributed by atoms with Crippen molar-refractivity contribution in [3.63, 3.8) is 0 Å². The zero-order valence-electron chi connectivity index (χ0n) is 17.9. The first-order valence-electron chi connectivity index (χ1n) is 9.46. The van der Waals surface area contributed by atoms with E-state index < -0.39 is 12.0 Å². The molecule has 2 heterocycles. The standard InChI is InChI=1S/C20H24N4O6S/c1-6-30-18(26)16-11(2)21-19-22-20(31-10-15(25)29-5)23-24(19)17(16)13-8-7-12(27-3)9-14(13)28-4/h7-9,17H,6,10H2,1-5H3,(H,21,22,23). The van der Waals surface area contributed by atoms with E-state index in [2.05, 4.69) is 20.1 Å². The second-order valence-corrected chi connectivity index (χ2v) is 7.36. The van der Waals surface area contributed by atoms with Gasteiger partial charge in [0, 0.05) is 17.3 Å². The Morgan fingerprint density at radius 1 is 1.23 bits per heavy atom. The summed E-state index contributed by atoms with van der Waals surface area (Å²) in [6.45, 7) is 3.75. The van der Waals surface area contributed by atoms with Crippen LogP contribution in [0.4, 0.5) is 5.95 Å². The third kappa shape index (κ3) is 4.61. The molecule has 1 aliphatic heterocycles. The van der Waals surface area contributed by atoms with Crippen LogP contribution >= 0.6 is 11.8 Å². The highest BCUT2D eigenvalue weighted by Gasteiger charge is 2.37. The average Bonchev–Trinajstić information content (AvgIpc) is 3.18. The second-order valence-electron chi connectivity index (χ2n) is 6.42. The van der Waals surface area contributed by atoms with Gasteiger partial charge in [0.1, 0.15) is 17.5 Å². The minimum atomic E-state index is -0.656. The molecular weight excluding hydrogens is 424 g/mol. The minimum absolute atomic E-state index is 0.0631. The lowest BCUT2D eigenvalue weighted by atomic mass is 9.95. The molecule has 1 aromatic heterocycles. The molecule has 0 saturated heterocycles. The summed E-state index contributed by atoms with van der Waals surface area (Å²) in [5.41, 5.74) is 1.65. The van der Waals surface area contributed by atoms with Gasteiger partial charge in [-0.05, 0) is 26.0 Å². The van der Waals surface area contributed by atoms with Gasteiger partial charge in [0.25, 0.3) is 0 Å². The molecular formula is C20H24N4O6S. The van der Waals surface area contributed by atoms with E-state index in [0.29, 0.717) is 39.4 Å². The number of carbonyl (C=O) groups excluding carboxylic acids is 2. The largest absolute Gasteiger partial charge is 0.497 e. The lowest BCUT2D eigenvalue weighted by Gasteiger charge is -2.29. The fourth-order valence-electron chi connectivity index (χ4n) is 3.18. The first kappa shape index (κ1) is 22.5. The molecule has 0 spiro atoms. The molecule has 0 amide bonds. The maximum Gasteiger partial charge on any atom is 0.338 e. The predicted octanol–water partition coefficient (Wildman–Crippen LogP) is 2.41. The lowest BCUT2D eigenvalue weighted by Crippen LogP contribution is -2.30. The Hall–Kier alpha value is -3.21. The van der Waals surface area contributed by atoms with E-state index in [0.717, 1.165) is 11.8 Å². The van der Waals surface area contributed by atoms with E-state index >= 15 is 0 Å². The summed E-state index contributed by atoms with van der Waals surface area (Å²) in [4.78, 5) is 28.8. The van der Waals surface area contributed by atoms with Crippen LogP contribution in [-0.4, -0.2) is 60.4 Å². The number of anilines is 1. The molecule has 11 heteroatoms. The van der Waals surface area contributed by atoms with E-state index in [-0.39, 0.29) is 18.3 Å². The molecule has 1 aromatic carbocycles. The predicted molar refractivity (Wildman–Crippen MR) is 113 cm³/mol. The third-order valence-corrected chi connectivity index (χ3v) is 5.42. The van der Waals surface area contributed by atoms with Crippen LogP contribution in [0.5, 0.6) is 11.5 Å². The number of methoxy groups -OCH3 is 3. The summed E-state index contributed by atoms with van der Waals surface area (Å²) in [5.74, 6) is 0.766. The van der Waals surface area contributed by atoms with Gasteiger partial charge in [0.05, 0.1) is 39.3 Å². The molecule has 1 unspecified atom stereocenters. The van der Waals surface area contributed by atoms with Crippen LogP contribution in [0.1, 0.15) is 25.5 Å². The normalized spacial score (nSPS) is 15.1. The van der Waals surface area contributed by atoms with Crippen LogP contribution in [0.25, 0.3) is 0 Å². The molecule has 0 fully saturated rings. The molecule has 166 valence electrons. The van der Waals surface area contributed by atoms with Gasteiger partial charge >= 0.3 is 11.9 Å². The molecule has 0 aliphatic carbocycles. The van der Waals surface area contributed by atoms with Crippen LogP contribution < -0.4 is 14.8 Å². The van der Waals surface area contributed by atoms with Gasteiger partial charge in [-0.3, -0.25) is 4.79 Å². The highest BCUT2D eigenvalue weighted by atomic mass is 32.2. The summed E-state index contributed by atoms with van der Waals surface area (Å²) in [6, 6.07) is 4.67. The summed E-state index contributed by atoms with van der Waals surface area (Å²) in [7, 11) is 4.42. The van der Waals surface area contributed by atoms with Gasteiger partial charge in [-0.1, -0.05) is 11.8 Å². The molecule has 2 aromatic rings. The maximum atomic E-state index is 12.9.